The van der Waals surface area contributed by atoms with Crippen LogP contribution in [0, 0.1) is 0 Å². The molecule has 0 saturated heterocycles. The molecule has 41 heavy (non-hydrogen) atoms. The zero-order valence-corrected chi connectivity index (χ0v) is 22.6. The number of rotatable bonds is 4. The molecule has 0 saturated carbocycles. The molecular weight excluding hydrogens is 498 g/mol. The standard InChI is InChI=1S/C39H29NO/c1-3-12-26(13-4-1)28-24-35(27-14-5-2-6-15-27)40-36(25-28)31-17-8-7-16-29(31)30-22-23-38-39-33(30)19-11-20-34(39)32-18-9-10-21-37(32)41-38/h1-15,17-25,29,35,40H,16H2. The average molecular weight is 528 g/mol. The van der Waals surface area contributed by atoms with Crippen molar-refractivity contribution < 1.29 is 4.74 Å². The summed E-state index contributed by atoms with van der Waals surface area (Å²) in [4.78, 5) is 0. The highest BCUT2D eigenvalue weighted by Crippen LogP contribution is 2.49. The highest BCUT2D eigenvalue weighted by atomic mass is 16.5. The van der Waals surface area contributed by atoms with Gasteiger partial charge in [-0.2, -0.15) is 0 Å². The Morgan fingerprint density at radius 2 is 1.46 bits per heavy atom. The summed E-state index contributed by atoms with van der Waals surface area (Å²) >= 11 is 0. The van der Waals surface area contributed by atoms with Crippen molar-refractivity contribution in [1.29, 1.82) is 0 Å². The van der Waals surface area contributed by atoms with Gasteiger partial charge < -0.3 is 10.1 Å². The van der Waals surface area contributed by atoms with Crippen LogP contribution in [-0.2, 0) is 0 Å². The van der Waals surface area contributed by atoms with E-state index in [1.165, 1.54) is 49.9 Å². The molecule has 1 aliphatic carbocycles. The summed E-state index contributed by atoms with van der Waals surface area (Å²) in [6.45, 7) is 0. The maximum atomic E-state index is 6.40. The monoisotopic (exact) mass is 527 g/mol. The first-order valence-corrected chi connectivity index (χ1v) is 14.3. The second-order valence-electron chi connectivity index (χ2n) is 10.9. The van der Waals surface area contributed by atoms with Gasteiger partial charge in [-0.15, -0.1) is 0 Å². The van der Waals surface area contributed by atoms with E-state index in [1.807, 2.05) is 6.07 Å². The molecule has 0 radical (unpaired) electrons. The van der Waals surface area contributed by atoms with Crippen LogP contribution in [0.25, 0.3) is 27.5 Å². The molecule has 0 aromatic heterocycles. The van der Waals surface area contributed by atoms with E-state index >= 15 is 0 Å². The lowest BCUT2D eigenvalue weighted by Gasteiger charge is -2.32. The number of nitrogens with one attached hydrogen (secondary N) is 1. The molecule has 2 unspecified atom stereocenters. The van der Waals surface area contributed by atoms with Crippen LogP contribution in [0.1, 0.15) is 35.1 Å². The second-order valence-corrected chi connectivity index (χ2v) is 10.9. The molecule has 5 aromatic rings. The van der Waals surface area contributed by atoms with Crippen LogP contribution in [0.2, 0.25) is 0 Å². The van der Waals surface area contributed by atoms with E-state index in [9.17, 15) is 0 Å². The molecule has 2 heteroatoms. The van der Waals surface area contributed by atoms with Gasteiger partial charge in [-0.3, -0.25) is 0 Å². The van der Waals surface area contributed by atoms with E-state index in [2.05, 4.69) is 145 Å². The Morgan fingerprint density at radius 1 is 0.683 bits per heavy atom. The molecule has 2 aliphatic heterocycles. The second kappa shape index (κ2) is 9.83. The Balaban J connectivity index is 1.25. The fraction of sp³-hybridized carbons (Fsp3) is 0.0769. The first-order chi connectivity index (χ1) is 20.3. The Morgan fingerprint density at radius 3 is 2.34 bits per heavy atom. The number of dihydropyridines is 1. The van der Waals surface area contributed by atoms with Gasteiger partial charge >= 0.3 is 0 Å². The van der Waals surface area contributed by atoms with Crippen molar-refractivity contribution in [2.75, 3.05) is 0 Å². The van der Waals surface area contributed by atoms with Crippen molar-refractivity contribution in [1.82, 2.24) is 5.32 Å². The summed E-state index contributed by atoms with van der Waals surface area (Å²) in [7, 11) is 0. The van der Waals surface area contributed by atoms with Gasteiger partial charge in [0.1, 0.15) is 11.5 Å². The van der Waals surface area contributed by atoms with Crippen molar-refractivity contribution in [3.05, 3.63) is 174 Å². The number of benzene rings is 5. The Labute approximate surface area is 240 Å². The van der Waals surface area contributed by atoms with Crippen molar-refractivity contribution in [3.63, 3.8) is 0 Å². The lowest BCUT2D eigenvalue weighted by atomic mass is 9.79. The van der Waals surface area contributed by atoms with Gasteiger partial charge in [-0.1, -0.05) is 121 Å². The molecule has 3 aliphatic rings. The number of fused-ring (bicyclic) bond motifs is 2. The van der Waals surface area contributed by atoms with E-state index in [4.69, 9.17) is 4.74 Å². The Kier molecular flexibility index (Phi) is 5.70. The SMILES string of the molecule is C1=CCC(c2ccc3c4c(cccc24)-c2ccccc2O3)C(C2=CC(c3ccccc3)=CC(c3ccccc3)N2)=C1. The zero-order chi connectivity index (χ0) is 27.2. The molecule has 2 nitrogen and oxygen atoms in total. The van der Waals surface area contributed by atoms with Crippen molar-refractivity contribution in [2.45, 2.75) is 18.4 Å². The van der Waals surface area contributed by atoms with Gasteiger partial charge in [0.05, 0.1) is 6.04 Å². The van der Waals surface area contributed by atoms with Crippen molar-refractivity contribution >= 4 is 16.3 Å². The average Bonchev–Trinajstić information content (AvgIpc) is 3.06. The molecule has 0 amide bonds. The molecule has 196 valence electrons. The topological polar surface area (TPSA) is 21.3 Å². The van der Waals surface area contributed by atoms with Gasteiger partial charge in [0, 0.05) is 22.6 Å². The lowest BCUT2D eigenvalue weighted by molar-refractivity contribution is 0.487. The van der Waals surface area contributed by atoms with Crippen LogP contribution >= 0.6 is 0 Å². The first-order valence-electron chi connectivity index (χ1n) is 14.3. The van der Waals surface area contributed by atoms with Crippen LogP contribution in [0.15, 0.2) is 157 Å². The third kappa shape index (κ3) is 4.11. The highest BCUT2D eigenvalue weighted by molar-refractivity contribution is 6.05. The van der Waals surface area contributed by atoms with Gasteiger partial charge in [0.15, 0.2) is 0 Å². The summed E-state index contributed by atoms with van der Waals surface area (Å²) in [6.07, 6.45) is 12.4. The van der Waals surface area contributed by atoms with Gasteiger partial charge in [0.2, 0.25) is 0 Å². The third-order valence-corrected chi connectivity index (χ3v) is 8.50. The zero-order valence-electron chi connectivity index (χ0n) is 22.6. The summed E-state index contributed by atoms with van der Waals surface area (Å²) in [5.41, 5.74) is 9.95. The smallest absolute Gasteiger partial charge is 0.135 e. The number of ether oxygens (including phenoxy) is 1. The minimum atomic E-state index is 0.0834. The van der Waals surface area contributed by atoms with E-state index in [0.29, 0.717) is 0 Å². The highest BCUT2D eigenvalue weighted by Gasteiger charge is 2.28. The minimum absolute atomic E-state index is 0.0834. The molecule has 5 aromatic carbocycles. The summed E-state index contributed by atoms with van der Waals surface area (Å²) < 4.78 is 6.40. The van der Waals surface area contributed by atoms with E-state index in [0.717, 1.165) is 23.5 Å². The number of hydrogen-bond donors (Lipinski definition) is 1. The summed E-state index contributed by atoms with van der Waals surface area (Å²) in [5.74, 6) is 2.07. The Bertz CT molecular complexity index is 1910. The fourth-order valence-corrected chi connectivity index (χ4v) is 6.56. The molecule has 1 N–H and O–H groups in total. The summed E-state index contributed by atoms with van der Waals surface area (Å²) in [5, 5.41) is 6.37. The normalized spacial score (nSPS) is 18.9. The first kappa shape index (κ1) is 23.8. The number of hydrogen-bond acceptors (Lipinski definition) is 2. The quantitative estimate of drug-likeness (QED) is 0.246. The van der Waals surface area contributed by atoms with Crippen LogP contribution in [0.4, 0.5) is 0 Å². The molecule has 2 atom stereocenters. The van der Waals surface area contributed by atoms with Crippen LogP contribution in [-0.4, -0.2) is 0 Å². The molecule has 0 spiro atoms. The number of allylic oxidation sites excluding steroid dienone is 6. The maximum absolute atomic E-state index is 6.40. The minimum Gasteiger partial charge on any atom is -0.456 e. The third-order valence-electron chi connectivity index (χ3n) is 8.50. The van der Waals surface area contributed by atoms with Crippen molar-refractivity contribution in [3.8, 4) is 22.6 Å². The molecule has 8 rings (SSSR count). The molecular formula is C39H29NO. The van der Waals surface area contributed by atoms with Crippen molar-refractivity contribution in [2.24, 2.45) is 0 Å². The van der Waals surface area contributed by atoms with Crippen LogP contribution in [0.3, 0.4) is 0 Å². The maximum Gasteiger partial charge on any atom is 0.135 e. The van der Waals surface area contributed by atoms with Crippen LogP contribution in [0.5, 0.6) is 11.5 Å². The number of para-hydroxylation sites is 1. The van der Waals surface area contributed by atoms with Crippen LogP contribution < -0.4 is 10.1 Å². The predicted octanol–water partition coefficient (Wildman–Crippen LogP) is 9.89. The van der Waals surface area contributed by atoms with Gasteiger partial charge in [0.25, 0.3) is 0 Å². The molecule has 0 bridgehead atoms. The molecule has 2 heterocycles. The Hall–Kier alpha value is -5.08. The van der Waals surface area contributed by atoms with E-state index in [-0.39, 0.29) is 12.0 Å². The largest absolute Gasteiger partial charge is 0.456 e. The lowest BCUT2D eigenvalue weighted by Crippen LogP contribution is -2.26. The predicted molar refractivity (Wildman–Crippen MR) is 169 cm³/mol. The molecule has 0 fully saturated rings. The van der Waals surface area contributed by atoms with Gasteiger partial charge in [-0.25, -0.2) is 0 Å². The van der Waals surface area contributed by atoms with E-state index in [1.54, 1.807) is 0 Å². The summed E-state index contributed by atoms with van der Waals surface area (Å²) in [6, 6.07) is 41.0. The fourth-order valence-electron chi connectivity index (χ4n) is 6.56. The van der Waals surface area contributed by atoms with Gasteiger partial charge in [-0.05, 0) is 69.5 Å². The van der Waals surface area contributed by atoms with E-state index < -0.39 is 0 Å².